The smallest absolute Gasteiger partial charge is 0.478 e. The van der Waals surface area contributed by atoms with E-state index in [9.17, 15) is 24.5 Å². The number of anilines is 2. The number of nitrogens with zero attached hydrogens (tertiary/aromatic N) is 5. The van der Waals surface area contributed by atoms with Crippen LogP contribution in [0, 0.1) is 10.1 Å². The first-order valence-corrected chi connectivity index (χ1v) is 18.4. The molecule has 0 saturated heterocycles. The van der Waals surface area contributed by atoms with Crippen LogP contribution in [0.25, 0.3) is 0 Å². The molecule has 16 heteroatoms. The maximum absolute atomic E-state index is 14.0. The van der Waals surface area contributed by atoms with E-state index in [1.165, 1.54) is 29.2 Å². The minimum atomic E-state index is -0.904. The molecule has 1 aliphatic rings. The first-order chi connectivity index (χ1) is 25.6. The first kappa shape index (κ1) is 42.3. The van der Waals surface area contributed by atoms with Gasteiger partial charge in [0.1, 0.15) is 28.9 Å². The number of carbonyl (C=O) groups excluding carboxylic acids is 3. The molecular formula is C39H54N6O10. The molecule has 4 rings (SSSR count). The lowest BCUT2D eigenvalue weighted by Crippen LogP contribution is -2.37. The van der Waals surface area contributed by atoms with Crippen LogP contribution in [-0.4, -0.2) is 68.0 Å². The Hall–Kier alpha value is -5.41. The number of nitro groups is 1. The molecule has 2 aromatic heterocycles. The molecule has 1 saturated carbocycles. The Balaban J connectivity index is 1.50. The maximum Gasteiger partial charge on any atom is 0.514 e. The molecule has 16 nitrogen and oxygen atoms in total. The average molecular weight is 767 g/mol. The van der Waals surface area contributed by atoms with E-state index in [4.69, 9.17) is 28.8 Å². The quantitative estimate of drug-likeness (QED) is 0.0461. The van der Waals surface area contributed by atoms with E-state index < -0.39 is 46.1 Å². The molecule has 3 aromatic rings. The van der Waals surface area contributed by atoms with Crippen LogP contribution in [0.3, 0.4) is 0 Å². The fraction of sp³-hybridized carbons (Fsp3) is 0.564. The van der Waals surface area contributed by atoms with Gasteiger partial charge in [0.05, 0.1) is 28.5 Å². The molecular weight excluding hydrogens is 712 g/mol. The fourth-order valence-corrected chi connectivity index (χ4v) is 5.85. The van der Waals surface area contributed by atoms with Crippen molar-refractivity contribution >= 4 is 35.5 Å². The number of hydrogen-bond donors (Lipinski definition) is 1. The van der Waals surface area contributed by atoms with Crippen LogP contribution < -0.4 is 19.7 Å². The van der Waals surface area contributed by atoms with Crippen LogP contribution in [-0.2, 0) is 19.7 Å². The molecule has 0 bridgehead atoms. The van der Waals surface area contributed by atoms with Crippen LogP contribution in [0.4, 0.5) is 31.6 Å². The third-order valence-corrected chi connectivity index (χ3v) is 8.24. The zero-order chi connectivity index (χ0) is 40.7. The number of nitro benzene ring substituents is 1. The van der Waals surface area contributed by atoms with Crippen molar-refractivity contribution in [1.29, 1.82) is 0 Å². The topological polar surface area (TPSA) is 186 Å². The minimum Gasteiger partial charge on any atom is -0.478 e. The number of ether oxygens (including phenoxy) is 5. The number of aromatic nitrogens is 3. The summed E-state index contributed by atoms with van der Waals surface area (Å²) in [5.41, 5.74) is -0.904. The summed E-state index contributed by atoms with van der Waals surface area (Å²) < 4.78 is 29.9. The van der Waals surface area contributed by atoms with Crippen LogP contribution in [0.5, 0.6) is 11.6 Å². The van der Waals surface area contributed by atoms with Gasteiger partial charge in [-0.05, 0) is 120 Å². The molecule has 0 radical (unpaired) electrons. The highest BCUT2D eigenvalue weighted by Gasteiger charge is 2.36. The third-order valence-electron chi connectivity index (χ3n) is 8.24. The second-order valence-corrected chi connectivity index (χ2v) is 16.6. The average Bonchev–Trinajstić information content (AvgIpc) is 3.70. The fourth-order valence-electron chi connectivity index (χ4n) is 5.85. The second-order valence-electron chi connectivity index (χ2n) is 16.6. The van der Waals surface area contributed by atoms with Crippen molar-refractivity contribution < 1.29 is 43.0 Å². The lowest BCUT2D eigenvalue weighted by atomic mass is 10.0. The van der Waals surface area contributed by atoms with E-state index in [-0.39, 0.29) is 23.4 Å². The number of benzene rings is 1. The molecule has 2 heterocycles. The van der Waals surface area contributed by atoms with E-state index >= 15 is 0 Å². The zero-order valence-electron chi connectivity index (χ0n) is 33.4. The molecule has 1 aromatic carbocycles. The molecule has 2 amide bonds. The Morgan fingerprint density at radius 2 is 1.65 bits per heavy atom. The van der Waals surface area contributed by atoms with Crippen molar-refractivity contribution in [2.75, 3.05) is 11.5 Å². The van der Waals surface area contributed by atoms with Crippen molar-refractivity contribution in [1.82, 2.24) is 20.1 Å². The summed E-state index contributed by atoms with van der Waals surface area (Å²) in [6, 6.07) is 10.2. The Kier molecular flexibility index (Phi) is 13.4. The number of hydrogen-bond acceptors (Lipinski definition) is 12. The summed E-state index contributed by atoms with van der Waals surface area (Å²) >= 11 is 0. The Morgan fingerprint density at radius 3 is 2.27 bits per heavy atom. The zero-order valence-corrected chi connectivity index (χ0v) is 33.4. The third kappa shape index (κ3) is 12.9. The second kappa shape index (κ2) is 17.4. The van der Waals surface area contributed by atoms with Gasteiger partial charge in [-0.15, -0.1) is 0 Å². The van der Waals surface area contributed by atoms with Gasteiger partial charge in [0.2, 0.25) is 5.88 Å². The predicted molar refractivity (Wildman–Crippen MR) is 204 cm³/mol. The summed E-state index contributed by atoms with van der Waals surface area (Å²) in [6.45, 7) is 19.0. The number of amides is 2. The van der Waals surface area contributed by atoms with Crippen molar-refractivity contribution in [3.8, 4) is 11.6 Å². The summed E-state index contributed by atoms with van der Waals surface area (Å²) in [4.78, 5) is 54.9. The highest BCUT2D eigenvalue weighted by atomic mass is 16.7. The lowest BCUT2D eigenvalue weighted by Gasteiger charge is -2.30. The molecule has 0 unspecified atom stereocenters. The molecule has 0 aliphatic heterocycles. The lowest BCUT2D eigenvalue weighted by molar-refractivity contribution is -0.384. The molecule has 1 N–H and O–H groups in total. The van der Waals surface area contributed by atoms with Crippen LogP contribution >= 0.6 is 0 Å². The molecule has 0 spiro atoms. The van der Waals surface area contributed by atoms with E-state index in [1.54, 1.807) is 43.8 Å². The monoisotopic (exact) mass is 766 g/mol. The summed E-state index contributed by atoms with van der Waals surface area (Å²) in [6.07, 6.45) is 2.09. The van der Waals surface area contributed by atoms with Crippen molar-refractivity contribution in [2.45, 2.75) is 136 Å². The Morgan fingerprint density at radius 1 is 0.982 bits per heavy atom. The molecule has 3 atom stereocenters. The molecule has 1 fully saturated rings. The molecule has 55 heavy (non-hydrogen) atoms. The number of rotatable bonds is 12. The standard InChI is InChI=1S/C39H54N6O10/c1-25(41-34(46)54-38(5,6)7)12-11-21-51-32-23-28(19-20-40-32)43(35(47)55-39(8,9)10)33-24-31(42-44(33)37(2,3)4)26-13-16-30(22-26)53-36(48)52-29-17-14-27(15-18-29)45(49)50/h14-15,17-20,23-26,30H,11-13,16,21-22H2,1-10H3,(H,41,46)/t25-,26-,30+/m0/s1. The molecule has 1 aliphatic carbocycles. The van der Waals surface area contributed by atoms with Gasteiger partial charge in [-0.2, -0.15) is 5.10 Å². The van der Waals surface area contributed by atoms with E-state index in [0.717, 1.165) is 0 Å². The normalized spacial score (nSPS) is 16.5. The van der Waals surface area contributed by atoms with Gasteiger partial charge in [-0.3, -0.25) is 10.1 Å². The van der Waals surface area contributed by atoms with Crippen molar-refractivity contribution in [3.63, 3.8) is 0 Å². The summed E-state index contributed by atoms with van der Waals surface area (Å²) in [5.74, 6) is 0.812. The van der Waals surface area contributed by atoms with Crippen LogP contribution in [0.15, 0.2) is 48.7 Å². The highest BCUT2D eigenvalue weighted by Crippen LogP contribution is 2.40. The van der Waals surface area contributed by atoms with E-state index in [0.29, 0.717) is 61.8 Å². The van der Waals surface area contributed by atoms with Crippen LogP contribution in [0.1, 0.15) is 113 Å². The molecule has 300 valence electrons. The van der Waals surface area contributed by atoms with Gasteiger partial charge >= 0.3 is 18.3 Å². The van der Waals surface area contributed by atoms with Gasteiger partial charge in [0.15, 0.2) is 0 Å². The number of pyridine rings is 1. The largest absolute Gasteiger partial charge is 0.514 e. The Bertz CT molecular complexity index is 1810. The van der Waals surface area contributed by atoms with E-state index in [1.807, 2.05) is 54.5 Å². The van der Waals surface area contributed by atoms with Gasteiger partial charge in [0.25, 0.3) is 5.69 Å². The first-order valence-electron chi connectivity index (χ1n) is 18.4. The number of alkyl carbamates (subject to hydrolysis) is 1. The van der Waals surface area contributed by atoms with Crippen molar-refractivity contribution in [2.24, 2.45) is 0 Å². The predicted octanol–water partition coefficient (Wildman–Crippen LogP) is 8.94. The van der Waals surface area contributed by atoms with E-state index in [2.05, 4.69) is 10.3 Å². The number of non-ortho nitro benzene ring substituents is 1. The number of carbonyl (C=O) groups is 3. The summed E-state index contributed by atoms with van der Waals surface area (Å²) in [7, 11) is 0. The SMILES string of the molecule is C[C@@H](CCCOc1cc(N(C(=O)OC(C)(C)C)c2cc([C@H]3CC[C@@H](OC(=O)Oc4ccc([N+](=O)[O-])cc4)C3)nn2C(C)(C)C)ccn1)NC(=O)OC(C)(C)C. The summed E-state index contributed by atoms with van der Waals surface area (Å²) in [5, 5.41) is 18.7. The van der Waals surface area contributed by atoms with Crippen LogP contribution in [0.2, 0.25) is 0 Å². The van der Waals surface area contributed by atoms with Gasteiger partial charge < -0.3 is 29.0 Å². The van der Waals surface area contributed by atoms with Gasteiger partial charge in [0, 0.05) is 42.4 Å². The maximum atomic E-state index is 14.0. The number of nitrogens with one attached hydrogen (secondary N) is 1. The highest BCUT2D eigenvalue weighted by molar-refractivity contribution is 5.95. The van der Waals surface area contributed by atoms with Crippen molar-refractivity contribution in [3.05, 3.63) is 64.5 Å². The van der Waals surface area contributed by atoms with Gasteiger partial charge in [-0.25, -0.2) is 28.9 Å². The minimum absolute atomic E-state index is 0.0939. The Labute approximate surface area is 322 Å². The van der Waals surface area contributed by atoms with Gasteiger partial charge in [-0.1, -0.05) is 0 Å².